The molecule has 0 aliphatic heterocycles. The van der Waals surface area contributed by atoms with Crippen LogP contribution >= 0.6 is 0 Å². The third-order valence-electron chi connectivity index (χ3n) is 2.80. The molecule has 2 aromatic rings. The van der Waals surface area contributed by atoms with Crippen molar-refractivity contribution in [3.63, 3.8) is 0 Å². The van der Waals surface area contributed by atoms with E-state index in [2.05, 4.69) is 22.4 Å². The van der Waals surface area contributed by atoms with Gasteiger partial charge in [-0.1, -0.05) is 37.1 Å². The molecule has 1 heterocycles. The number of nitrogens with zero attached hydrogens (tertiary/aromatic N) is 2. The molecule has 0 saturated heterocycles. The number of benzene rings is 1. The van der Waals surface area contributed by atoms with Crippen LogP contribution in [0.25, 0.3) is 11.5 Å². The minimum absolute atomic E-state index is 0.00167. The maximum atomic E-state index is 13.5. The second-order valence-electron chi connectivity index (χ2n) is 4.37. The molecular weight excluding hydrogens is 261 g/mol. The van der Waals surface area contributed by atoms with E-state index in [0.29, 0.717) is 6.54 Å². The van der Waals surface area contributed by atoms with Crippen molar-refractivity contribution in [1.82, 2.24) is 15.5 Å². The molecule has 0 radical (unpaired) electrons. The highest BCUT2D eigenvalue weighted by Gasteiger charge is 2.17. The van der Waals surface area contributed by atoms with E-state index in [4.69, 9.17) is 4.52 Å². The Morgan fingerprint density at radius 2 is 2.15 bits per heavy atom. The van der Waals surface area contributed by atoms with Gasteiger partial charge in [-0.3, -0.25) is 4.79 Å². The van der Waals surface area contributed by atoms with E-state index in [1.54, 1.807) is 12.1 Å². The number of rotatable bonds is 6. The van der Waals surface area contributed by atoms with Crippen molar-refractivity contribution in [2.45, 2.75) is 26.2 Å². The van der Waals surface area contributed by atoms with Crippen LogP contribution in [0, 0.1) is 5.82 Å². The lowest BCUT2D eigenvalue weighted by atomic mass is 10.2. The zero-order valence-electron chi connectivity index (χ0n) is 11.2. The summed E-state index contributed by atoms with van der Waals surface area (Å²) in [6.07, 6.45) is 3.03. The fraction of sp³-hybridized carbons (Fsp3) is 0.357. The first-order valence-corrected chi connectivity index (χ1v) is 6.59. The maximum Gasteiger partial charge on any atom is 0.292 e. The fourth-order valence-corrected chi connectivity index (χ4v) is 1.72. The normalized spacial score (nSPS) is 10.5. The topological polar surface area (TPSA) is 68.0 Å². The molecule has 5 nitrogen and oxygen atoms in total. The highest BCUT2D eigenvalue weighted by Crippen LogP contribution is 2.20. The molecule has 0 bridgehead atoms. The number of carbonyl (C=O) groups is 1. The first-order valence-electron chi connectivity index (χ1n) is 6.59. The van der Waals surface area contributed by atoms with E-state index >= 15 is 0 Å². The molecule has 1 N–H and O–H groups in total. The molecule has 0 aliphatic rings. The van der Waals surface area contributed by atoms with E-state index < -0.39 is 11.7 Å². The van der Waals surface area contributed by atoms with Gasteiger partial charge in [0.1, 0.15) is 5.82 Å². The van der Waals surface area contributed by atoms with E-state index in [1.807, 2.05) is 0 Å². The molecule has 1 amide bonds. The Morgan fingerprint density at radius 1 is 1.35 bits per heavy atom. The number of unbranched alkanes of at least 4 members (excludes halogenated alkanes) is 2. The monoisotopic (exact) mass is 277 g/mol. The summed E-state index contributed by atoms with van der Waals surface area (Å²) in [5.41, 5.74) is 0.185. The number of hydrogen-bond acceptors (Lipinski definition) is 4. The summed E-state index contributed by atoms with van der Waals surface area (Å²) in [6.45, 7) is 2.65. The van der Waals surface area contributed by atoms with Crippen molar-refractivity contribution in [3.8, 4) is 11.5 Å². The van der Waals surface area contributed by atoms with Gasteiger partial charge in [-0.25, -0.2) is 4.39 Å². The minimum Gasteiger partial charge on any atom is -0.349 e. The number of halogens is 1. The summed E-state index contributed by atoms with van der Waals surface area (Å²) in [6, 6.07) is 6.04. The van der Waals surface area contributed by atoms with Gasteiger partial charge in [0, 0.05) is 6.54 Å². The van der Waals surface area contributed by atoms with Crippen molar-refractivity contribution < 1.29 is 13.7 Å². The molecule has 0 aliphatic carbocycles. The summed E-state index contributed by atoms with van der Waals surface area (Å²) in [5.74, 6) is -0.958. The molecule has 1 aromatic carbocycles. The first kappa shape index (κ1) is 14.2. The van der Waals surface area contributed by atoms with Crippen LogP contribution in [0.5, 0.6) is 0 Å². The Labute approximate surface area is 116 Å². The third-order valence-corrected chi connectivity index (χ3v) is 2.80. The fourth-order valence-electron chi connectivity index (χ4n) is 1.72. The van der Waals surface area contributed by atoms with Gasteiger partial charge >= 0.3 is 0 Å². The molecule has 20 heavy (non-hydrogen) atoms. The summed E-state index contributed by atoms with van der Waals surface area (Å²) in [5, 5.41) is 6.26. The van der Waals surface area contributed by atoms with Gasteiger partial charge in [0.15, 0.2) is 0 Å². The van der Waals surface area contributed by atoms with Crippen molar-refractivity contribution in [3.05, 3.63) is 35.9 Å². The molecule has 0 spiro atoms. The zero-order chi connectivity index (χ0) is 14.4. The van der Waals surface area contributed by atoms with Crippen LogP contribution in [0.2, 0.25) is 0 Å². The Kier molecular flexibility index (Phi) is 4.81. The van der Waals surface area contributed by atoms with Crippen LogP contribution in [-0.2, 0) is 0 Å². The van der Waals surface area contributed by atoms with E-state index in [-0.39, 0.29) is 17.3 Å². The zero-order valence-corrected chi connectivity index (χ0v) is 11.2. The van der Waals surface area contributed by atoms with Gasteiger partial charge in [0.05, 0.1) is 5.56 Å². The molecule has 2 rings (SSSR count). The molecule has 1 aromatic heterocycles. The van der Waals surface area contributed by atoms with E-state index in [9.17, 15) is 9.18 Å². The lowest BCUT2D eigenvalue weighted by Gasteiger charge is -2.00. The van der Waals surface area contributed by atoms with E-state index in [0.717, 1.165) is 19.3 Å². The molecule has 0 saturated carbocycles. The number of nitrogens with one attached hydrogen (secondary N) is 1. The van der Waals surface area contributed by atoms with Gasteiger partial charge < -0.3 is 9.84 Å². The van der Waals surface area contributed by atoms with Crippen molar-refractivity contribution in [2.75, 3.05) is 6.54 Å². The SMILES string of the molecule is CCCCCNC(=O)c1noc(-c2ccccc2F)n1. The number of amides is 1. The lowest BCUT2D eigenvalue weighted by Crippen LogP contribution is -2.25. The Hall–Kier alpha value is -2.24. The lowest BCUT2D eigenvalue weighted by molar-refractivity contribution is 0.0939. The maximum absolute atomic E-state index is 13.5. The van der Waals surface area contributed by atoms with Gasteiger partial charge in [-0.2, -0.15) is 4.98 Å². The summed E-state index contributed by atoms with van der Waals surface area (Å²) in [4.78, 5) is 15.7. The average Bonchev–Trinajstić information content (AvgIpc) is 2.93. The largest absolute Gasteiger partial charge is 0.349 e. The van der Waals surface area contributed by atoms with E-state index in [1.165, 1.54) is 12.1 Å². The number of hydrogen-bond donors (Lipinski definition) is 1. The predicted molar refractivity (Wildman–Crippen MR) is 71.6 cm³/mol. The summed E-state index contributed by atoms with van der Waals surface area (Å²) >= 11 is 0. The Morgan fingerprint density at radius 3 is 2.90 bits per heavy atom. The van der Waals surface area contributed by atoms with Crippen LogP contribution in [0.1, 0.15) is 36.8 Å². The molecule has 0 fully saturated rings. The molecule has 106 valence electrons. The van der Waals surface area contributed by atoms with Gasteiger partial charge in [0.25, 0.3) is 17.6 Å². The molecule has 0 unspecified atom stereocenters. The van der Waals surface area contributed by atoms with Gasteiger partial charge in [-0.15, -0.1) is 0 Å². The van der Waals surface area contributed by atoms with Gasteiger partial charge in [0.2, 0.25) is 0 Å². The second-order valence-corrected chi connectivity index (χ2v) is 4.37. The van der Waals surface area contributed by atoms with Crippen LogP contribution in [0.3, 0.4) is 0 Å². The highest BCUT2D eigenvalue weighted by atomic mass is 19.1. The number of carbonyl (C=O) groups excluding carboxylic acids is 1. The van der Waals surface area contributed by atoms with Crippen molar-refractivity contribution in [2.24, 2.45) is 0 Å². The predicted octanol–water partition coefficient (Wildman–Crippen LogP) is 2.80. The quantitative estimate of drug-likeness (QED) is 0.824. The second kappa shape index (κ2) is 6.79. The summed E-state index contributed by atoms with van der Waals surface area (Å²) < 4.78 is 18.5. The molecule has 6 heteroatoms. The minimum atomic E-state index is -0.467. The third kappa shape index (κ3) is 3.40. The first-order chi connectivity index (χ1) is 9.72. The van der Waals surface area contributed by atoms with Crippen molar-refractivity contribution >= 4 is 5.91 Å². The molecule has 0 atom stereocenters. The van der Waals surface area contributed by atoms with Gasteiger partial charge in [-0.05, 0) is 18.6 Å². The van der Waals surface area contributed by atoms with Crippen LogP contribution in [-0.4, -0.2) is 22.6 Å². The van der Waals surface area contributed by atoms with Crippen molar-refractivity contribution in [1.29, 1.82) is 0 Å². The Bertz CT molecular complexity index is 583. The smallest absolute Gasteiger partial charge is 0.292 e. The van der Waals surface area contributed by atoms with Crippen LogP contribution < -0.4 is 5.32 Å². The molecular formula is C14H16FN3O2. The van der Waals surface area contributed by atoms with Crippen LogP contribution in [0.15, 0.2) is 28.8 Å². The highest BCUT2D eigenvalue weighted by molar-refractivity contribution is 5.90. The number of aromatic nitrogens is 2. The summed E-state index contributed by atoms with van der Waals surface area (Å²) in [7, 11) is 0. The average molecular weight is 277 g/mol. The Balaban J connectivity index is 2.02. The standard InChI is InChI=1S/C14H16FN3O2/c1-2-3-6-9-16-13(19)12-17-14(20-18-12)10-7-4-5-8-11(10)15/h4-5,7-8H,2-3,6,9H2,1H3,(H,16,19). The van der Waals surface area contributed by atoms with Crippen LogP contribution in [0.4, 0.5) is 4.39 Å².